The average molecular weight is 304 g/mol. The molecular formula is C19H28O3. The van der Waals surface area contributed by atoms with Crippen LogP contribution in [0.1, 0.15) is 79.1 Å². The summed E-state index contributed by atoms with van der Waals surface area (Å²) in [4.78, 5) is 12.4. The van der Waals surface area contributed by atoms with Crippen LogP contribution in [0.15, 0.2) is 6.07 Å². The predicted octanol–water partition coefficient (Wildman–Crippen LogP) is 4.58. The fraction of sp³-hybridized carbons (Fsp3) is 0.632. The SMILES string of the molecule is CCCCc1c(C(=O)OCC)cc2c(c1CCCC)COC2. The van der Waals surface area contributed by atoms with Crippen LogP contribution < -0.4 is 0 Å². The summed E-state index contributed by atoms with van der Waals surface area (Å²) in [5.41, 5.74) is 5.83. The molecule has 2 rings (SSSR count). The molecule has 22 heavy (non-hydrogen) atoms. The van der Waals surface area contributed by atoms with E-state index in [0.29, 0.717) is 19.8 Å². The van der Waals surface area contributed by atoms with Gasteiger partial charge in [0.05, 0.1) is 25.4 Å². The maximum Gasteiger partial charge on any atom is 0.338 e. The van der Waals surface area contributed by atoms with Crippen molar-refractivity contribution in [3.05, 3.63) is 33.9 Å². The van der Waals surface area contributed by atoms with Crippen molar-refractivity contribution in [3.8, 4) is 0 Å². The normalized spacial score (nSPS) is 13.2. The van der Waals surface area contributed by atoms with Gasteiger partial charge in [-0.2, -0.15) is 0 Å². The summed E-state index contributed by atoms with van der Waals surface area (Å²) in [6.07, 6.45) is 6.53. The molecule has 1 heterocycles. The number of hydrogen-bond donors (Lipinski definition) is 0. The third-order valence-corrected chi connectivity index (χ3v) is 4.32. The Labute approximate surface area is 134 Å². The molecule has 0 spiro atoms. The first-order valence-corrected chi connectivity index (χ1v) is 8.64. The van der Waals surface area contributed by atoms with Crippen molar-refractivity contribution in [2.45, 2.75) is 72.5 Å². The molecule has 0 N–H and O–H groups in total. The highest BCUT2D eigenvalue weighted by atomic mass is 16.5. The molecule has 0 bridgehead atoms. The fourth-order valence-corrected chi connectivity index (χ4v) is 3.14. The Hall–Kier alpha value is -1.35. The van der Waals surface area contributed by atoms with Gasteiger partial charge in [-0.1, -0.05) is 26.7 Å². The highest BCUT2D eigenvalue weighted by Crippen LogP contribution is 2.32. The second-order valence-corrected chi connectivity index (χ2v) is 5.94. The van der Waals surface area contributed by atoms with Crippen LogP contribution in [0, 0.1) is 0 Å². The van der Waals surface area contributed by atoms with Gasteiger partial charge in [-0.15, -0.1) is 0 Å². The van der Waals surface area contributed by atoms with E-state index in [1.54, 1.807) is 0 Å². The Balaban J connectivity index is 2.48. The Bertz CT molecular complexity index is 520. The van der Waals surface area contributed by atoms with E-state index in [9.17, 15) is 4.79 Å². The molecule has 0 amide bonds. The Kier molecular flexibility index (Phi) is 6.44. The van der Waals surface area contributed by atoms with E-state index >= 15 is 0 Å². The first-order chi connectivity index (χ1) is 10.7. The third-order valence-electron chi connectivity index (χ3n) is 4.32. The number of rotatable bonds is 8. The summed E-state index contributed by atoms with van der Waals surface area (Å²) in [6, 6.07) is 2.01. The van der Waals surface area contributed by atoms with Gasteiger partial charge in [-0.05, 0) is 60.9 Å². The Morgan fingerprint density at radius 2 is 1.77 bits per heavy atom. The van der Waals surface area contributed by atoms with Gasteiger partial charge in [0.2, 0.25) is 0 Å². The lowest BCUT2D eigenvalue weighted by Gasteiger charge is -2.18. The minimum Gasteiger partial charge on any atom is -0.462 e. The number of carbonyl (C=O) groups excluding carboxylic acids is 1. The van der Waals surface area contributed by atoms with E-state index in [0.717, 1.165) is 44.1 Å². The summed E-state index contributed by atoms with van der Waals surface area (Å²) in [7, 11) is 0. The van der Waals surface area contributed by atoms with Gasteiger partial charge in [-0.25, -0.2) is 4.79 Å². The summed E-state index contributed by atoms with van der Waals surface area (Å²) in [6.45, 7) is 7.98. The third kappa shape index (κ3) is 3.70. The zero-order chi connectivity index (χ0) is 15.9. The lowest BCUT2D eigenvalue weighted by molar-refractivity contribution is 0.0524. The zero-order valence-corrected chi connectivity index (χ0v) is 14.2. The molecule has 1 aliphatic heterocycles. The lowest BCUT2D eigenvalue weighted by Crippen LogP contribution is -2.13. The van der Waals surface area contributed by atoms with Crippen molar-refractivity contribution < 1.29 is 14.3 Å². The van der Waals surface area contributed by atoms with Crippen LogP contribution in [0.3, 0.4) is 0 Å². The Morgan fingerprint density at radius 1 is 1.09 bits per heavy atom. The summed E-state index contributed by atoms with van der Waals surface area (Å²) >= 11 is 0. The van der Waals surface area contributed by atoms with Crippen LogP contribution in [0.25, 0.3) is 0 Å². The lowest BCUT2D eigenvalue weighted by atomic mass is 9.87. The first kappa shape index (κ1) is 17.0. The van der Waals surface area contributed by atoms with Crippen molar-refractivity contribution in [2.75, 3.05) is 6.61 Å². The summed E-state index contributed by atoms with van der Waals surface area (Å²) in [5.74, 6) is -0.180. The molecule has 1 aliphatic rings. The smallest absolute Gasteiger partial charge is 0.338 e. The van der Waals surface area contributed by atoms with Crippen LogP contribution in [0.5, 0.6) is 0 Å². The molecule has 122 valence electrons. The van der Waals surface area contributed by atoms with Crippen LogP contribution >= 0.6 is 0 Å². The minimum atomic E-state index is -0.180. The van der Waals surface area contributed by atoms with E-state index in [4.69, 9.17) is 9.47 Å². The highest BCUT2D eigenvalue weighted by Gasteiger charge is 2.24. The number of esters is 1. The molecule has 0 fully saturated rings. The highest BCUT2D eigenvalue weighted by molar-refractivity contribution is 5.92. The standard InChI is InChI=1S/C19H28O3/c1-4-7-9-15-16(10-8-5-2)18-13-21-12-14(18)11-17(15)19(20)22-6-3/h11H,4-10,12-13H2,1-3H3. The molecule has 3 heteroatoms. The van der Waals surface area contributed by atoms with Gasteiger partial charge >= 0.3 is 5.97 Å². The number of benzene rings is 1. The largest absolute Gasteiger partial charge is 0.462 e. The molecule has 3 nitrogen and oxygen atoms in total. The number of ether oxygens (including phenoxy) is 2. The van der Waals surface area contributed by atoms with Crippen molar-refractivity contribution in [2.24, 2.45) is 0 Å². The molecule has 0 aliphatic carbocycles. The van der Waals surface area contributed by atoms with E-state index in [2.05, 4.69) is 13.8 Å². The average Bonchev–Trinajstić information content (AvgIpc) is 2.98. The van der Waals surface area contributed by atoms with Crippen molar-refractivity contribution in [1.29, 1.82) is 0 Å². The second-order valence-electron chi connectivity index (χ2n) is 5.94. The summed E-state index contributed by atoms with van der Waals surface area (Å²) < 4.78 is 10.9. The van der Waals surface area contributed by atoms with Crippen LogP contribution in [0.2, 0.25) is 0 Å². The molecule has 0 saturated heterocycles. The Morgan fingerprint density at radius 3 is 2.41 bits per heavy atom. The van der Waals surface area contributed by atoms with E-state index in [-0.39, 0.29) is 5.97 Å². The molecule has 0 unspecified atom stereocenters. The van der Waals surface area contributed by atoms with Crippen molar-refractivity contribution in [1.82, 2.24) is 0 Å². The molecule has 1 aromatic rings. The van der Waals surface area contributed by atoms with Crippen molar-refractivity contribution in [3.63, 3.8) is 0 Å². The molecular weight excluding hydrogens is 276 g/mol. The van der Waals surface area contributed by atoms with Gasteiger partial charge < -0.3 is 9.47 Å². The molecule has 0 aromatic heterocycles. The number of unbranched alkanes of at least 4 members (excludes halogenated alkanes) is 2. The van der Waals surface area contributed by atoms with Crippen LogP contribution in [0.4, 0.5) is 0 Å². The van der Waals surface area contributed by atoms with E-state index in [1.165, 1.54) is 22.3 Å². The molecule has 0 radical (unpaired) electrons. The van der Waals surface area contributed by atoms with Gasteiger partial charge in [0.1, 0.15) is 0 Å². The quantitative estimate of drug-likeness (QED) is 0.659. The molecule has 0 atom stereocenters. The number of carbonyl (C=O) groups is 1. The monoisotopic (exact) mass is 304 g/mol. The molecule has 1 aromatic carbocycles. The van der Waals surface area contributed by atoms with Gasteiger partial charge in [0, 0.05) is 0 Å². The minimum absolute atomic E-state index is 0.180. The second kappa shape index (κ2) is 8.33. The van der Waals surface area contributed by atoms with Crippen LogP contribution in [-0.2, 0) is 35.5 Å². The first-order valence-electron chi connectivity index (χ1n) is 8.64. The fourth-order valence-electron chi connectivity index (χ4n) is 3.14. The van der Waals surface area contributed by atoms with Crippen LogP contribution in [-0.4, -0.2) is 12.6 Å². The van der Waals surface area contributed by atoms with E-state index in [1.807, 2.05) is 13.0 Å². The van der Waals surface area contributed by atoms with Gasteiger partial charge in [0.25, 0.3) is 0 Å². The maximum absolute atomic E-state index is 12.4. The molecule has 0 saturated carbocycles. The van der Waals surface area contributed by atoms with Gasteiger partial charge in [-0.3, -0.25) is 0 Å². The summed E-state index contributed by atoms with van der Waals surface area (Å²) in [5, 5.41) is 0. The van der Waals surface area contributed by atoms with Gasteiger partial charge in [0.15, 0.2) is 0 Å². The van der Waals surface area contributed by atoms with E-state index < -0.39 is 0 Å². The maximum atomic E-state index is 12.4. The topological polar surface area (TPSA) is 35.5 Å². The number of hydrogen-bond acceptors (Lipinski definition) is 3. The predicted molar refractivity (Wildman–Crippen MR) is 88.1 cm³/mol. The number of fused-ring (bicyclic) bond motifs is 1. The zero-order valence-electron chi connectivity index (χ0n) is 14.2. The van der Waals surface area contributed by atoms with Crippen molar-refractivity contribution >= 4 is 5.97 Å².